The molecular formula is C29H24N2O2S2. The molecular weight excluding hydrogens is 472 g/mol. The number of aromatic amines is 1. The molecule has 4 nitrogen and oxygen atoms in total. The number of Topliss-reactive ketones (excluding diaryl/α,β-unsaturated/α-hetero) is 1. The first-order chi connectivity index (χ1) is 17.0. The Hall–Kier alpha value is -3.48. The first-order valence-electron chi connectivity index (χ1n) is 11.4. The number of thioether (sulfide) groups is 1. The summed E-state index contributed by atoms with van der Waals surface area (Å²) in [5, 5.41) is 3.03. The van der Waals surface area contributed by atoms with E-state index >= 15 is 0 Å². The molecule has 0 radical (unpaired) electrons. The van der Waals surface area contributed by atoms with Crippen molar-refractivity contribution in [2.75, 3.05) is 5.75 Å². The molecule has 3 aromatic carbocycles. The number of rotatable bonds is 7. The molecule has 0 bridgehead atoms. The second kappa shape index (κ2) is 10.0. The molecule has 0 amide bonds. The summed E-state index contributed by atoms with van der Waals surface area (Å²) in [6.45, 7) is 4.32. The third-order valence-electron chi connectivity index (χ3n) is 5.96. The van der Waals surface area contributed by atoms with Crippen molar-refractivity contribution in [2.45, 2.75) is 24.9 Å². The van der Waals surface area contributed by atoms with Gasteiger partial charge in [-0.15, -0.1) is 11.3 Å². The molecule has 0 fully saturated rings. The highest BCUT2D eigenvalue weighted by Gasteiger charge is 2.15. The van der Waals surface area contributed by atoms with E-state index < -0.39 is 0 Å². The molecule has 5 rings (SSSR count). The summed E-state index contributed by atoms with van der Waals surface area (Å²) in [7, 11) is 0. The highest BCUT2D eigenvalue weighted by atomic mass is 32.2. The standard InChI is InChI=1S/C29H24N2O2S2/c1-18(2)19-8-12-22(13-9-19)24-16-34-28-26(24)27(33)30-29(31-28)35-17-25(32)23-14-10-21(11-15-23)20-6-4-3-5-7-20/h3-16,18H,17H2,1-2H3,(H,30,31,33). The average Bonchev–Trinajstić information content (AvgIpc) is 3.32. The number of hydrogen-bond acceptors (Lipinski definition) is 5. The van der Waals surface area contributed by atoms with Crippen molar-refractivity contribution in [3.63, 3.8) is 0 Å². The largest absolute Gasteiger partial charge is 0.301 e. The van der Waals surface area contributed by atoms with Crippen molar-refractivity contribution in [3.05, 3.63) is 106 Å². The summed E-state index contributed by atoms with van der Waals surface area (Å²) >= 11 is 2.70. The van der Waals surface area contributed by atoms with Gasteiger partial charge in [-0.1, -0.05) is 104 Å². The summed E-state index contributed by atoms with van der Waals surface area (Å²) in [4.78, 5) is 33.8. The van der Waals surface area contributed by atoms with Crippen LogP contribution in [0.4, 0.5) is 0 Å². The summed E-state index contributed by atoms with van der Waals surface area (Å²) < 4.78 is 0. The van der Waals surface area contributed by atoms with Crippen molar-refractivity contribution in [2.24, 2.45) is 0 Å². The van der Waals surface area contributed by atoms with Crippen molar-refractivity contribution in [3.8, 4) is 22.3 Å². The molecule has 0 aliphatic heterocycles. The fraction of sp³-hybridized carbons (Fsp3) is 0.138. The smallest absolute Gasteiger partial charge is 0.260 e. The number of aromatic nitrogens is 2. The van der Waals surface area contributed by atoms with Crippen molar-refractivity contribution in [1.82, 2.24) is 9.97 Å². The zero-order chi connectivity index (χ0) is 24.4. The van der Waals surface area contributed by atoms with Crippen LogP contribution in [0, 0.1) is 0 Å². The molecule has 5 aromatic rings. The van der Waals surface area contributed by atoms with Gasteiger partial charge in [0.25, 0.3) is 5.56 Å². The van der Waals surface area contributed by atoms with Gasteiger partial charge in [0.05, 0.1) is 11.1 Å². The van der Waals surface area contributed by atoms with Crippen molar-refractivity contribution < 1.29 is 4.79 Å². The van der Waals surface area contributed by atoms with Crippen LogP contribution in [0.25, 0.3) is 32.5 Å². The Kier molecular flexibility index (Phi) is 6.66. The monoisotopic (exact) mass is 496 g/mol. The lowest BCUT2D eigenvalue weighted by molar-refractivity contribution is 0.102. The lowest BCUT2D eigenvalue weighted by Crippen LogP contribution is -2.10. The number of carbonyl (C=O) groups excluding carboxylic acids is 1. The van der Waals surface area contributed by atoms with Gasteiger partial charge in [-0.05, 0) is 28.2 Å². The van der Waals surface area contributed by atoms with Gasteiger partial charge in [-0.2, -0.15) is 0 Å². The molecule has 0 saturated heterocycles. The van der Waals surface area contributed by atoms with Crippen molar-refractivity contribution >= 4 is 39.1 Å². The molecule has 0 aliphatic rings. The van der Waals surface area contributed by atoms with Crippen LogP contribution in [0.3, 0.4) is 0 Å². The SMILES string of the molecule is CC(C)c1ccc(-c2csc3nc(SCC(=O)c4ccc(-c5ccccc5)cc4)[nH]c(=O)c23)cc1. The molecule has 0 aliphatic carbocycles. The molecule has 2 aromatic heterocycles. The number of thiophene rings is 1. The van der Waals surface area contributed by atoms with Crippen LogP contribution in [0.5, 0.6) is 0 Å². The minimum absolute atomic E-state index is 0.00512. The molecule has 0 atom stereocenters. The highest BCUT2D eigenvalue weighted by molar-refractivity contribution is 7.99. The zero-order valence-electron chi connectivity index (χ0n) is 19.4. The number of ketones is 1. The molecule has 1 N–H and O–H groups in total. The molecule has 0 unspecified atom stereocenters. The fourth-order valence-corrected chi connectivity index (χ4v) is 5.71. The number of nitrogens with zero attached hydrogens (tertiary/aromatic N) is 1. The average molecular weight is 497 g/mol. The number of H-pyrrole nitrogens is 1. The number of fused-ring (bicyclic) bond motifs is 1. The summed E-state index contributed by atoms with van der Waals surface area (Å²) in [5.74, 6) is 0.653. The van der Waals surface area contributed by atoms with Gasteiger partial charge < -0.3 is 4.98 Å². The summed E-state index contributed by atoms with van der Waals surface area (Å²) in [5.41, 5.74) is 5.80. The topological polar surface area (TPSA) is 62.8 Å². The number of carbonyl (C=O) groups is 1. The van der Waals surface area contributed by atoms with Gasteiger partial charge in [0.15, 0.2) is 10.9 Å². The lowest BCUT2D eigenvalue weighted by Gasteiger charge is -2.06. The maximum Gasteiger partial charge on any atom is 0.260 e. The maximum atomic E-state index is 12.9. The molecule has 35 heavy (non-hydrogen) atoms. The van der Waals surface area contributed by atoms with E-state index in [4.69, 9.17) is 0 Å². The molecule has 174 valence electrons. The summed E-state index contributed by atoms with van der Waals surface area (Å²) in [6.07, 6.45) is 0. The van der Waals surface area contributed by atoms with Gasteiger partial charge in [-0.3, -0.25) is 9.59 Å². The van der Waals surface area contributed by atoms with Gasteiger partial charge in [-0.25, -0.2) is 4.98 Å². The van der Waals surface area contributed by atoms with Crippen LogP contribution in [0.1, 0.15) is 35.7 Å². The zero-order valence-corrected chi connectivity index (χ0v) is 21.1. The number of hydrogen-bond donors (Lipinski definition) is 1. The Balaban J connectivity index is 1.31. The normalized spacial score (nSPS) is 11.3. The number of nitrogens with one attached hydrogen (secondary N) is 1. The van der Waals surface area contributed by atoms with E-state index in [0.717, 1.165) is 22.3 Å². The minimum atomic E-state index is -0.179. The van der Waals surface area contributed by atoms with Gasteiger partial charge in [0.1, 0.15) is 4.83 Å². The quantitative estimate of drug-likeness (QED) is 0.145. The molecule has 0 spiro atoms. The Morgan fingerprint density at radius 2 is 1.57 bits per heavy atom. The highest BCUT2D eigenvalue weighted by Crippen LogP contribution is 2.32. The Labute approximate surface area is 212 Å². The molecule has 0 saturated carbocycles. The predicted octanol–water partition coefficient (Wildman–Crippen LogP) is 7.42. The fourth-order valence-electron chi connectivity index (χ4n) is 3.95. The second-order valence-electron chi connectivity index (χ2n) is 8.63. The number of benzene rings is 3. The predicted molar refractivity (Wildman–Crippen MR) is 147 cm³/mol. The third kappa shape index (κ3) is 4.99. The van der Waals surface area contributed by atoms with Gasteiger partial charge in [0, 0.05) is 16.5 Å². The van der Waals surface area contributed by atoms with Crippen molar-refractivity contribution in [1.29, 1.82) is 0 Å². The summed E-state index contributed by atoms with van der Waals surface area (Å²) in [6, 6.07) is 26.0. The molecule has 6 heteroatoms. The molecule has 2 heterocycles. The van der Waals surface area contributed by atoms with Crippen LogP contribution in [-0.4, -0.2) is 21.5 Å². The lowest BCUT2D eigenvalue weighted by atomic mass is 9.99. The van der Waals surface area contributed by atoms with Crippen LogP contribution in [-0.2, 0) is 0 Å². The minimum Gasteiger partial charge on any atom is -0.301 e. The second-order valence-corrected chi connectivity index (χ2v) is 10.5. The first-order valence-corrected chi connectivity index (χ1v) is 13.3. The van der Waals surface area contributed by atoms with Gasteiger partial charge >= 0.3 is 0 Å². The van der Waals surface area contributed by atoms with Crippen LogP contribution < -0.4 is 5.56 Å². The van der Waals surface area contributed by atoms with E-state index in [-0.39, 0.29) is 17.1 Å². The van der Waals surface area contributed by atoms with E-state index in [9.17, 15) is 9.59 Å². The third-order valence-corrected chi connectivity index (χ3v) is 7.71. The first kappa shape index (κ1) is 23.3. The van der Waals surface area contributed by atoms with Crippen LogP contribution in [0.15, 0.2) is 94.2 Å². The van der Waals surface area contributed by atoms with E-state index in [0.29, 0.717) is 26.9 Å². The van der Waals surface area contributed by atoms with E-state index in [1.54, 1.807) is 0 Å². The Morgan fingerprint density at radius 3 is 2.26 bits per heavy atom. The van der Waals surface area contributed by atoms with E-state index in [1.807, 2.05) is 60.0 Å². The Bertz CT molecular complexity index is 1530. The maximum absolute atomic E-state index is 12.9. The Morgan fingerprint density at radius 1 is 0.914 bits per heavy atom. The van der Waals surface area contributed by atoms with Crippen LogP contribution >= 0.6 is 23.1 Å². The van der Waals surface area contributed by atoms with E-state index in [2.05, 4.69) is 48.1 Å². The van der Waals surface area contributed by atoms with Gasteiger partial charge in [0.2, 0.25) is 0 Å². The van der Waals surface area contributed by atoms with E-state index in [1.165, 1.54) is 28.7 Å². The van der Waals surface area contributed by atoms with Crippen LogP contribution in [0.2, 0.25) is 0 Å².